The quantitative estimate of drug-likeness (QED) is 0.416. The molecule has 1 unspecified atom stereocenters. The van der Waals surface area contributed by atoms with Crippen LogP contribution in [0.25, 0.3) is 0 Å². The Hall–Kier alpha value is -2.01. The number of aliphatic hydroxyl groups excluding tert-OH is 1. The Morgan fingerprint density at radius 2 is 1.71 bits per heavy atom. The van der Waals surface area contributed by atoms with Gasteiger partial charge in [0.15, 0.2) is 5.78 Å². The number of rotatable bonds is 3. The Morgan fingerprint density at radius 3 is 2.41 bits per heavy atom. The van der Waals surface area contributed by atoms with E-state index in [1.807, 2.05) is 18.2 Å². The number of carbonyl (C=O) groups is 2. The molecule has 1 heterocycles. The number of carbonyl (C=O) groups excluding carboxylic acids is 2. The zero-order chi connectivity index (χ0) is 29.6. The number of hydrogen-bond acceptors (Lipinski definition) is 4. The summed E-state index contributed by atoms with van der Waals surface area (Å²) in [5, 5.41) is 14.2. The Morgan fingerprint density at radius 1 is 0.976 bits per heavy atom. The summed E-state index contributed by atoms with van der Waals surface area (Å²) in [6, 6.07) is 5.80. The molecule has 5 nitrogen and oxygen atoms in total. The normalized spacial score (nSPS) is 46.7. The second kappa shape index (κ2) is 9.24. The van der Waals surface area contributed by atoms with Gasteiger partial charge in [0.1, 0.15) is 0 Å². The second-order valence-electron chi connectivity index (χ2n) is 16.6. The fourth-order valence-electron chi connectivity index (χ4n) is 11.3. The van der Waals surface area contributed by atoms with E-state index in [-0.39, 0.29) is 50.9 Å². The zero-order valence-electron chi connectivity index (χ0n) is 26.5. The van der Waals surface area contributed by atoms with Crippen LogP contribution in [0.4, 0.5) is 0 Å². The summed E-state index contributed by atoms with van der Waals surface area (Å²) < 4.78 is 0. The van der Waals surface area contributed by atoms with Crippen LogP contribution in [0.5, 0.6) is 0 Å². The number of allylic oxidation sites excluding steroid dienone is 2. The minimum absolute atomic E-state index is 0.0183. The number of ketones is 1. The Balaban J connectivity index is 1.34. The number of amides is 1. The van der Waals surface area contributed by atoms with Gasteiger partial charge in [-0.1, -0.05) is 60.1 Å². The lowest BCUT2D eigenvalue weighted by atomic mass is 9.33. The summed E-state index contributed by atoms with van der Waals surface area (Å²) in [5.41, 5.74) is 1.40. The molecule has 0 bridgehead atoms. The fourth-order valence-corrected chi connectivity index (χ4v) is 11.3. The van der Waals surface area contributed by atoms with Gasteiger partial charge in [-0.25, -0.2) is 0 Å². The van der Waals surface area contributed by atoms with Crippen LogP contribution in [0.1, 0.15) is 112 Å². The highest BCUT2D eigenvalue weighted by atomic mass is 16.3. The van der Waals surface area contributed by atoms with Crippen LogP contribution < -0.4 is 5.32 Å². The molecule has 5 aliphatic rings. The molecule has 224 valence electrons. The summed E-state index contributed by atoms with van der Waals surface area (Å²) in [7, 11) is 0. The highest BCUT2D eigenvalue weighted by molar-refractivity contribution is 5.95. The molecule has 2 N–H and O–H groups in total. The van der Waals surface area contributed by atoms with Gasteiger partial charge in [0.25, 0.3) is 0 Å². The highest BCUT2D eigenvalue weighted by Crippen LogP contribution is 2.75. The molecular formula is C36H52N2O3. The van der Waals surface area contributed by atoms with Crippen molar-refractivity contribution in [2.24, 2.45) is 50.2 Å². The molecule has 0 aromatic carbocycles. The minimum Gasteiger partial charge on any atom is -0.393 e. The number of hydrogen-bond donors (Lipinski definition) is 2. The first-order chi connectivity index (χ1) is 19.1. The zero-order valence-corrected chi connectivity index (χ0v) is 26.5. The van der Waals surface area contributed by atoms with Gasteiger partial charge in [0.05, 0.1) is 18.3 Å². The fraction of sp³-hybridized carbons (Fsp3) is 0.750. The predicted molar refractivity (Wildman–Crippen MR) is 162 cm³/mol. The van der Waals surface area contributed by atoms with Crippen molar-refractivity contribution in [3.05, 3.63) is 41.7 Å². The maximum atomic E-state index is 14.5. The van der Waals surface area contributed by atoms with E-state index >= 15 is 0 Å². The molecule has 1 amide bonds. The van der Waals surface area contributed by atoms with E-state index in [4.69, 9.17) is 0 Å². The van der Waals surface area contributed by atoms with Crippen LogP contribution in [0.15, 0.2) is 36.0 Å². The van der Waals surface area contributed by atoms with E-state index in [2.05, 4.69) is 64.8 Å². The lowest BCUT2D eigenvalue weighted by molar-refractivity contribution is -0.202. The van der Waals surface area contributed by atoms with E-state index in [9.17, 15) is 14.7 Å². The minimum atomic E-state index is -0.466. The number of nitrogens with zero attached hydrogens (tertiary/aromatic N) is 1. The van der Waals surface area contributed by atoms with Crippen molar-refractivity contribution in [2.45, 2.75) is 119 Å². The lowest BCUT2D eigenvalue weighted by Gasteiger charge is -2.70. The van der Waals surface area contributed by atoms with Crippen molar-refractivity contribution >= 4 is 11.7 Å². The maximum Gasteiger partial charge on any atom is 0.226 e. The van der Waals surface area contributed by atoms with Gasteiger partial charge >= 0.3 is 0 Å². The molecule has 5 heteroatoms. The molecule has 1 aromatic heterocycles. The van der Waals surface area contributed by atoms with Gasteiger partial charge in [-0.05, 0) is 115 Å². The standard InChI is InChI=1S/C36H52N2O3/c1-31(2)27-11-14-36(7)29(34(27,5)13-12-28(31)40)26(39)20-24-25-21-33(4,16-15-32(25,3)17-18-35(24,36)6)30(41)38-22-23-10-8-9-19-37-23/h8-10,19-20,25,27-29,40H,11-18,21-22H2,1-7H3,(H,38,41)/t25-,27?,28-,29+,32+,33-,34-,35+,36+/m0/s1. The first-order valence-electron chi connectivity index (χ1n) is 16.2. The molecule has 0 spiro atoms. The molecule has 0 aliphatic heterocycles. The van der Waals surface area contributed by atoms with E-state index in [1.165, 1.54) is 5.57 Å². The first kappa shape index (κ1) is 29.1. The van der Waals surface area contributed by atoms with Crippen molar-refractivity contribution in [1.82, 2.24) is 10.3 Å². The van der Waals surface area contributed by atoms with Crippen LogP contribution in [0.3, 0.4) is 0 Å². The largest absolute Gasteiger partial charge is 0.393 e. The highest BCUT2D eigenvalue weighted by Gasteiger charge is 2.70. The van der Waals surface area contributed by atoms with E-state index in [0.29, 0.717) is 18.2 Å². The summed E-state index contributed by atoms with van der Waals surface area (Å²) in [6.07, 6.45) is 12.3. The van der Waals surface area contributed by atoms with Crippen LogP contribution in [-0.2, 0) is 16.1 Å². The summed E-state index contributed by atoms with van der Waals surface area (Å²) in [6.45, 7) is 16.8. The van der Waals surface area contributed by atoms with Gasteiger partial charge in [-0.2, -0.15) is 0 Å². The van der Waals surface area contributed by atoms with Crippen molar-refractivity contribution in [3.63, 3.8) is 0 Å². The Kier molecular flexibility index (Phi) is 6.56. The monoisotopic (exact) mass is 560 g/mol. The van der Waals surface area contributed by atoms with Gasteiger partial charge in [-0.3, -0.25) is 14.6 Å². The van der Waals surface area contributed by atoms with E-state index < -0.39 is 5.41 Å². The number of nitrogens with one attached hydrogen (secondary N) is 1. The number of pyridine rings is 1. The number of aliphatic hydroxyl groups is 1. The Labute approximate surface area is 247 Å². The molecule has 4 saturated carbocycles. The topological polar surface area (TPSA) is 79.3 Å². The van der Waals surface area contributed by atoms with Crippen molar-refractivity contribution in [2.75, 3.05) is 0 Å². The molecule has 0 saturated heterocycles. The van der Waals surface area contributed by atoms with Crippen molar-refractivity contribution < 1.29 is 14.7 Å². The van der Waals surface area contributed by atoms with Gasteiger partial charge in [0.2, 0.25) is 5.91 Å². The van der Waals surface area contributed by atoms with Crippen molar-refractivity contribution in [1.29, 1.82) is 0 Å². The van der Waals surface area contributed by atoms with Gasteiger partial charge < -0.3 is 10.4 Å². The molecule has 41 heavy (non-hydrogen) atoms. The molecule has 6 rings (SSSR count). The first-order valence-corrected chi connectivity index (χ1v) is 16.2. The van der Waals surface area contributed by atoms with Gasteiger partial charge in [0, 0.05) is 17.5 Å². The lowest BCUT2D eigenvalue weighted by Crippen LogP contribution is -2.66. The maximum absolute atomic E-state index is 14.5. The second-order valence-corrected chi connectivity index (χ2v) is 16.6. The SMILES string of the molecule is CC1(C)C2CC[C@]3(C)[C@H](C(=O)C=C4[C@@H]5C[C@@](C)(C(=O)NCc6ccccn6)CC[C@]5(C)CC[C@]43C)[C@@]2(C)CC[C@@H]1O. The van der Waals surface area contributed by atoms with Gasteiger partial charge in [-0.15, -0.1) is 0 Å². The average molecular weight is 561 g/mol. The predicted octanol–water partition coefficient (Wildman–Crippen LogP) is 7.04. The van der Waals surface area contributed by atoms with E-state index in [0.717, 1.165) is 63.5 Å². The number of aromatic nitrogens is 1. The van der Waals surface area contributed by atoms with Crippen LogP contribution in [-0.4, -0.2) is 27.9 Å². The molecule has 1 aromatic rings. The molecule has 0 radical (unpaired) electrons. The third-order valence-electron chi connectivity index (χ3n) is 14.3. The molecule has 9 atom stereocenters. The molecule has 5 aliphatic carbocycles. The smallest absolute Gasteiger partial charge is 0.226 e. The average Bonchev–Trinajstić information content (AvgIpc) is 2.92. The Bertz CT molecular complexity index is 1270. The summed E-state index contributed by atoms with van der Waals surface area (Å²) in [5.74, 6) is 0.984. The molecule has 4 fully saturated rings. The summed E-state index contributed by atoms with van der Waals surface area (Å²) in [4.78, 5) is 32.6. The number of fused-ring (bicyclic) bond motifs is 7. The van der Waals surface area contributed by atoms with Crippen LogP contribution in [0, 0.1) is 50.2 Å². The van der Waals surface area contributed by atoms with Crippen molar-refractivity contribution in [3.8, 4) is 0 Å². The van der Waals surface area contributed by atoms with Crippen LogP contribution in [0.2, 0.25) is 0 Å². The van der Waals surface area contributed by atoms with Crippen LogP contribution >= 0.6 is 0 Å². The van der Waals surface area contributed by atoms with E-state index in [1.54, 1.807) is 6.20 Å². The third-order valence-corrected chi connectivity index (χ3v) is 14.3. The summed E-state index contributed by atoms with van der Waals surface area (Å²) >= 11 is 0. The third kappa shape index (κ3) is 3.99. The molecular weight excluding hydrogens is 508 g/mol.